The van der Waals surface area contributed by atoms with Gasteiger partial charge in [0.2, 0.25) is 0 Å². The zero-order valence-corrected chi connectivity index (χ0v) is 15.8. The summed E-state index contributed by atoms with van der Waals surface area (Å²) in [5, 5.41) is 13.9. The highest BCUT2D eigenvalue weighted by molar-refractivity contribution is 7.90. The number of aromatic nitrogens is 1. The molecular formula is C16H13N3O6S2. The highest BCUT2D eigenvalue weighted by Gasteiger charge is 2.19. The Morgan fingerprint density at radius 2 is 2.00 bits per heavy atom. The van der Waals surface area contributed by atoms with Gasteiger partial charge in [0.25, 0.3) is 5.91 Å². The summed E-state index contributed by atoms with van der Waals surface area (Å²) in [5.41, 5.74) is 0.272. The van der Waals surface area contributed by atoms with Crippen molar-refractivity contribution < 1.29 is 22.9 Å². The van der Waals surface area contributed by atoms with Gasteiger partial charge in [0, 0.05) is 17.9 Å². The van der Waals surface area contributed by atoms with Gasteiger partial charge >= 0.3 is 5.69 Å². The minimum Gasteiger partial charge on any atom is -0.490 e. The molecule has 140 valence electrons. The van der Waals surface area contributed by atoms with Gasteiger partial charge in [-0.1, -0.05) is 11.3 Å². The number of methoxy groups -OCH3 is 1. The molecule has 0 bridgehead atoms. The van der Waals surface area contributed by atoms with Crippen LogP contribution in [0.15, 0.2) is 41.3 Å². The molecular weight excluding hydrogens is 394 g/mol. The van der Waals surface area contributed by atoms with Crippen molar-refractivity contribution in [3.8, 4) is 5.75 Å². The average Bonchev–Trinajstić information content (AvgIpc) is 3.01. The normalized spacial score (nSPS) is 11.3. The Hall–Kier alpha value is -3.05. The number of benzene rings is 2. The molecule has 0 fully saturated rings. The number of carbonyl (C=O) groups excluding carboxylic acids is 1. The molecule has 0 aliphatic rings. The number of nitro benzene ring substituents is 1. The van der Waals surface area contributed by atoms with Crippen LogP contribution >= 0.6 is 11.3 Å². The predicted octanol–water partition coefficient (Wildman–Crippen LogP) is 2.87. The Labute approximate surface area is 157 Å². The summed E-state index contributed by atoms with van der Waals surface area (Å²) in [5.74, 6) is -0.534. The van der Waals surface area contributed by atoms with Crippen molar-refractivity contribution in [2.24, 2.45) is 0 Å². The summed E-state index contributed by atoms with van der Waals surface area (Å²) in [7, 11) is -2.06. The van der Waals surface area contributed by atoms with Gasteiger partial charge in [0.05, 0.1) is 27.1 Å². The predicted molar refractivity (Wildman–Crippen MR) is 100 cm³/mol. The molecule has 0 aliphatic carbocycles. The van der Waals surface area contributed by atoms with Crippen LogP contribution in [0.5, 0.6) is 5.75 Å². The molecule has 27 heavy (non-hydrogen) atoms. The number of nitrogens with one attached hydrogen (secondary N) is 1. The largest absolute Gasteiger partial charge is 0.490 e. The monoisotopic (exact) mass is 407 g/mol. The van der Waals surface area contributed by atoms with Crippen molar-refractivity contribution in [1.29, 1.82) is 0 Å². The van der Waals surface area contributed by atoms with E-state index in [2.05, 4.69) is 10.3 Å². The van der Waals surface area contributed by atoms with Crippen LogP contribution in [0.2, 0.25) is 0 Å². The second-order valence-corrected chi connectivity index (χ2v) is 8.56. The van der Waals surface area contributed by atoms with E-state index in [-0.39, 0.29) is 27.0 Å². The Morgan fingerprint density at radius 1 is 1.26 bits per heavy atom. The molecule has 3 rings (SSSR count). The smallest absolute Gasteiger partial charge is 0.311 e. The fourth-order valence-electron chi connectivity index (χ4n) is 2.33. The quantitative estimate of drug-likeness (QED) is 0.508. The zero-order valence-electron chi connectivity index (χ0n) is 14.1. The standard InChI is InChI=1S/C16H13N3O6S2/c1-25-13-6-3-9(7-12(13)19(21)22)15(20)18-16-17-11-5-4-10(27(2,23)24)8-14(11)26-16/h3-8H,1-2H3,(H,17,18,20). The Bertz CT molecular complexity index is 1170. The lowest BCUT2D eigenvalue weighted by molar-refractivity contribution is -0.385. The number of hydrogen-bond acceptors (Lipinski definition) is 8. The third-order valence-corrected chi connectivity index (χ3v) is 5.69. The molecule has 0 atom stereocenters. The van der Waals surface area contributed by atoms with Crippen LogP contribution in [0.25, 0.3) is 10.2 Å². The highest BCUT2D eigenvalue weighted by Crippen LogP contribution is 2.30. The van der Waals surface area contributed by atoms with Crippen LogP contribution in [0.3, 0.4) is 0 Å². The summed E-state index contributed by atoms with van der Waals surface area (Å²) >= 11 is 1.10. The highest BCUT2D eigenvalue weighted by atomic mass is 32.2. The molecule has 3 aromatic rings. The molecule has 2 aromatic carbocycles. The fraction of sp³-hybridized carbons (Fsp3) is 0.125. The van der Waals surface area contributed by atoms with Crippen molar-refractivity contribution >= 4 is 48.1 Å². The lowest BCUT2D eigenvalue weighted by Gasteiger charge is -2.04. The molecule has 0 spiro atoms. The average molecular weight is 407 g/mol. The minimum absolute atomic E-state index is 0.0461. The van der Waals surface area contributed by atoms with Gasteiger partial charge in [-0.25, -0.2) is 13.4 Å². The van der Waals surface area contributed by atoms with Crippen molar-refractivity contribution in [3.63, 3.8) is 0 Å². The molecule has 0 radical (unpaired) electrons. The van der Waals surface area contributed by atoms with Crippen LogP contribution in [0.4, 0.5) is 10.8 Å². The molecule has 1 aromatic heterocycles. The Balaban J connectivity index is 1.90. The number of carbonyl (C=O) groups is 1. The number of anilines is 1. The summed E-state index contributed by atoms with van der Waals surface area (Å²) in [6.45, 7) is 0. The van der Waals surface area contributed by atoms with Crippen LogP contribution < -0.4 is 10.1 Å². The van der Waals surface area contributed by atoms with Gasteiger partial charge in [0.15, 0.2) is 20.7 Å². The molecule has 0 saturated carbocycles. The maximum Gasteiger partial charge on any atom is 0.311 e. The molecule has 1 heterocycles. The topological polar surface area (TPSA) is 128 Å². The van der Waals surface area contributed by atoms with Gasteiger partial charge < -0.3 is 4.74 Å². The SMILES string of the molecule is COc1ccc(C(=O)Nc2nc3ccc(S(C)(=O)=O)cc3s2)cc1[N+](=O)[O-]. The first kappa shape index (κ1) is 18.7. The van der Waals surface area contributed by atoms with E-state index in [0.29, 0.717) is 10.2 Å². The second-order valence-electron chi connectivity index (χ2n) is 5.52. The molecule has 11 heteroatoms. The molecule has 0 saturated heterocycles. The van der Waals surface area contributed by atoms with Crippen LogP contribution in [-0.4, -0.2) is 37.6 Å². The number of amides is 1. The Kier molecular flexibility index (Phi) is 4.81. The fourth-order valence-corrected chi connectivity index (χ4v) is 3.95. The van der Waals surface area contributed by atoms with E-state index in [0.717, 1.165) is 23.7 Å². The van der Waals surface area contributed by atoms with Crippen molar-refractivity contribution in [2.45, 2.75) is 4.90 Å². The number of sulfone groups is 1. The number of nitro groups is 1. The first-order valence-electron chi connectivity index (χ1n) is 7.43. The number of ether oxygens (including phenoxy) is 1. The van der Waals surface area contributed by atoms with E-state index >= 15 is 0 Å². The molecule has 0 unspecified atom stereocenters. The van der Waals surface area contributed by atoms with Gasteiger partial charge in [-0.3, -0.25) is 20.2 Å². The second kappa shape index (κ2) is 6.93. The summed E-state index contributed by atoms with van der Waals surface area (Å²) in [4.78, 5) is 27.2. The summed E-state index contributed by atoms with van der Waals surface area (Å²) in [6.07, 6.45) is 1.11. The van der Waals surface area contributed by atoms with Crippen molar-refractivity contribution in [2.75, 3.05) is 18.7 Å². The molecule has 9 nitrogen and oxygen atoms in total. The Morgan fingerprint density at radius 3 is 2.63 bits per heavy atom. The summed E-state index contributed by atoms with van der Waals surface area (Å²) < 4.78 is 28.8. The molecule has 1 N–H and O–H groups in total. The number of thiazole rings is 1. The minimum atomic E-state index is -3.35. The number of hydrogen-bond donors (Lipinski definition) is 1. The summed E-state index contributed by atoms with van der Waals surface area (Å²) in [6, 6.07) is 8.32. The van der Waals surface area contributed by atoms with E-state index in [1.807, 2.05) is 0 Å². The van der Waals surface area contributed by atoms with E-state index in [4.69, 9.17) is 4.74 Å². The maximum atomic E-state index is 12.4. The number of fused-ring (bicyclic) bond motifs is 1. The molecule has 1 amide bonds. The number of rotatable bonds is 5. The van der Waals surface area contributed by atoms with Crippen LogP contribution in [-0.2, 0) is 9.84 Å². The third kappa shape index (κ3) is 3.88. The van der Waals surface area contributed by atoms with Crippen molar-refractivity contribution in [3.05, 3.63) is 52.1 Å². The zero-order chi connectivity index (χ0) is 19.8. The van der Waals surface area contributed by atoms with E-state index in [1.165, 1.54) is 31.4 Å². The van der Waals surface area contributed by atoms with E-state index in [9.17, 15) is 23.3 Å². The van der Waals surface area contributed by atoms with Crippen LogP contribution in [0.1, 0.15) is 10.4 Å². The van der Waals surface area contributed by atoms with Gasteiger partial charge in [0.1, 0.15) is 0 Å². The van der Waals surface area contributed by atoms with E-state index in [1.54, 1.807) is 6.07 Å². The third-order valence-electron chi connectivity index (χ3n) is 3.65. The molecule has 0 aliphatic heterocycles. The van der Waals surface area contributed by atoms with E-state index < -0.39 is 20.7 Å². The van der Waals surface area contributed by atoms with Crippen molar-refractivity contribution in [1.82, 2.24) is 4.98 Å². The lowest BCUT2D eigenvalue weighted by atomic mass is 10.2. The maximum absolute atomic E-state index is 12.4. The van der Waals surface area contributed by atoms with Gasteiger partial charge in [-0.05, 0) is 30.3 Å². The van der Waals surface area contributed by atoms with Gasteiger partial charge in [-0.2, -0.15) is 0 Å². The first-order chi connectivity index (χ1) is 12.7. The number of nitrogens with zero attached hydrogens (tertiary/aromatic N) is 2. The first-order valence-corrected chi connectivity index (χ1v) is 10.1. The van der Waals surface area contributed by atoms with Crippen LogP contribution in [0, 0.1) is 10.1 Å². The van der Waals surface area contributed by atoms with Gasteiger partial charge in [-0.15, -0.1) is 0 Å². The lowest BCUT2D eigenvalue weighted by Crippen LogP contribution is -2.12.